The fourth-order valence-corrected chi connectivity index (χ4v) is 2.60. The number of hydrazone groups is 1. The quantitative estimate of drug-likeness (QED) is 0.411. The van der Waals surface area contributed by atoms with Crippen LogP contribution < -0.4 is 5.43 Å². The van der Waals surface area contributed by atoms with Gasteiger partial charge in [-0.1, -0.05) is 46.9 Å². The zero-order valence-electron chi connectivity index (χ0n) is 13.7. The smallest absolute Gasteiger partial charge is 0.259 e. The monoisotopic (exact) mass is 445 g/mol. The molecule has 144 valence electrons. The maximum atomic E-state index is 12.9. The first-order chi connectivity index (χ1) is 13.2. The van der Waals surface area contributed by atoms with Gasteiger partial charge >= 0.3 is 6.18 Å². The Morgan fingerprint density at radius 2 is 1.68 bits per heavy atom. The van der Waals surface area contributed by atoms with Gasteiger partial charge in [0.1, 0.15) is 11.4 Å². The third-order valence-corrected chi connectivity index (χ3v) is 4.17. The van der Waals surface area contributed by atoms with Crippen molar-refractivity contribution in [2.75, 3.05) is 5.43 Å². The van der Waals surface area contributed by atoms with Gasteiger partial charge in [-0.2, -0.15) is 18.3 Å². The molecule has 0 spiro atoms. The van der Waals surface area contributed by atoms with Crippen LogP contribution >= 0.6 is 34.8 Å². The van der Waals surface area contributed by atoms with Crippen LogP contribution in [0.4, 0.5) is 19.0 Å². The van der Waals surface area contributed by atoms with Crippen molar-refractivity contribution in [3.8, 4) is 0 Å². The predicted octanol–water partition coefficient (Wildman–Crippen LogP) is 5.72. The molecule has 3 rings (SSSR count). The summed E-state index contributed by atoms with van der Waals surface area (Å²) in [4.78, 5) is 3.86. The highest BCUT2D eigenvalue weighted by Crippen LogP contribution is 2.31. The number of pyridine rings is 1. The van der Waals surface area contributed by atoms with Crippen LogP contribution in [0.2, 0.25) is 15.2 Å². The normalized spacial score (nSPS) is 12.1. The summed E-state index contributed by atoms with van der Waals surface area (Å²) in [5.74, 6) is 0.263. The van der Waals surface area contributed by atoms with Gasteiger partial charge in [-0.25, -0.2) is 0 Å². The molecule has 0 radical (unpaired) electrons. The first-order valence-electron chi connectivity index (χ1n) is 7.56. The summed E-state index contributed by atoms with van der Waals surface area (Å²) in [5, 5.41) is 12.1. The molecule has 0 saturated heterocycles. The predicted molar refractivity (Wildman–Crippen MR) is 102 cm³/mol. The van der Waals surface area contributed by atoms with Gasteiger partial charge in [0, 0.05) is 16.8 Å². The molecule has 0 aliphatic carbocycles. The lowest BCUT2D eigenvalue weighted by molar-refractivity contribution is -0.137. The number of alkyl halides is 3. The molecule has 2 heterocycles. The molecule has 3 aromatic rings. The summed E-state index contributed by atoms with van der Waals surface area (Å²) >= 11 is 17.7. The van der Waals surface area contributed by atoms with Gasteiger partial charge in [0.25, 0.3) is 0 Å². The van der Waals surface area contributed by atoms with E-state index in [-0.39, 0.29) is 27.4 Å². The van der Waals surface area contributed by atoms with Crippen LogP contribution in [0.15, 0.2) is 53.8 Å². The van der Waals surface area contributed by atoms with Crippen molar-refractivity contribution >= 4 is 46.3 Å². The number of benzene rings is 1. The minimum atomic E-state index is -4.57. The molecule has 0 bridgehead atoms. The molecule has 0 unspecified atom stereocenters. The average molecular weight is 447 g/mol. The van der Waals surface area contributed by atoms with Crippen LogP contribution in [-0.2, 0) is 6.18 Å². The molecule has 0 saturated carbocycles. The molecule has 5 nitrogen and oxygen atoms in total. The molecular weight excluding hydrogens is 438 g/mol. The van der Waals surface area contributed by atoms with Gasteiger partial charge in [-0.3, -0.25) is 10.4 Å². The van der Waals surface area contributed by atoms with Crippen molar-refractivity contribution in [3.05, 3.63) is 80.7 Å². The Morgan fingerprint density at radius 1 is 0.964 bits per heavy atom. The van der Waals surface area contributed by atoms with E-state index in [0.717, 1.165) is 6.07 Å². The third kappa shape index (κ3) is 4.89. The minimum absolute atomic E-state index is 0.0476. The number of hydrogen-bond donors (Lipinski definition) is 1. The van der Waals surface area contributed by atoms with Crippen molar-refractivity contribution < 1.29 is 13.2 Å². The molecule has 0 aliphatic heterocycles. The second-order valence-electron chi connectivity index (χ2n) is 5.37. The summed E-state index contributed by atoms with van der Waals surface area (Å²) in [6.07, 6.45) is -3.88. The Morgan fingerprint density at radius 3 is 2.25 bits per heavy atom. The van der Waals surface area contributed by atoms with Gasteiger partial charge in [0.15, 0.2) is 11.0 Å². The number of halogens is 6. The summed E-state index contributed by atoms with van der Waals surface area (Å²) in [6, 6.07) is 10.3. The van der Waals surface area contributed by atoms with E-state index in [2.05, 4.69) is 25.7 Å². The molecule has 2 aromatic heterocycles. The Hall–Kier alpha value is -2.42. The van der Waals surface area contributed by atoms with Crippen LogP contribution in [0.5, 0.6) is 0 Å². The van der Waals surface area contributed by atoms with Gasteiger partial charge in [-0.05, 0) is 30.3 Å². The number of rotatable bonds is 4. The number of nitrogens with zero attached hydrogens (tertiary/aromatic N) is 4. The lowest BCUT2D eigenvalue weighted by atomic mass is 10.1. The minimum Gasteiger partial charge on any atom is -0.259 e. The fourth-order valence-electron chi connectivity index (χ4n) is 2.12. The summed E-state index contributed by atoms with van der Waals surface area (Å²) in [7, 11) is 0. The first-order valence-corrected chi connectivity index (χ1v) is 8.69. The van der Waals surface area contributed by atoms with Crippen LogP contribution in [0, 0.1) is 0 Å². The lowest BCUT2D eigenvalue weighted by Crippen LogP contribution is -2.12. The average Bonchev–Trinajstić information content (AvgIpc) is 2.65. The van der Waals surface area contributed by atoms with Gasteiger partial charge in [0.2, 0.25) is 0 Å². The number of nitrogens with one attached hydrogen (secondary N) is 1. The second kappa shape index (κ2) is 8.30. The van der Waals surface area contributed by atoms with E-state index < -0.39 is 11.7 Å². The highest BCUT2D eigenvalue weighted by molar-refractivity contribution is 6.35. The number of hydrogen-bond acceptors (Lipinski definition) is 5. The third-order valence-electron chi connectivity index (χ3n) is 3.42. The number of aromatic nitrogens is 3. The van der Waals surface area contributed by atoms with Crippen LogP contribution in [0.3, 0.4) is 0 Å². The van der Waals surface area contributed by atoms with Crippen LogP contribution in [-0.4, -0.2) is 20.9 Å². The SMILES string of the molecule is FC(F)(F)c1cnc(/C(=N\Nc2ccc(Cl)nn2)c2ccc(Cl)cc2)c(Cl)c1. The van der Waals surface area contributed by atoms with E-state index in [4.69, 9.17) is 34.8 Å². The number of anilines is 1. The molecule has 28 heavy (non-hydrogen) atoms. The Bertz CT molecular complexity index is 1010. The molecular formula is C17H9Cl3F3N5. The summed E-state index contributed by atoms with van der Waals surface area (Å²) < 4.78 is 38.7. The molecule has 11 heteroatoms. The van der Waals surface area contributed by atoms with E-state index in [9.17, 15) is 13.2 Å². The van der Waals surface area contributed by atoms with Gasteiger partial charge in [0.05, 0.1) is 10.6 Å². The Balaban J connectivity index is 2.04. The van der Waals surface area contributed by atoms with E-state index in [1.807, 2.05) is 0 Å². The molecule has 0 aliphatic rings. The molecule has 0 amide bonds. The first kappa shape index (κ1) is 20.3. The van der Waals surface area contributed by atoms with E-state index in [1.165, 1.54) is 12.1 Å². The molecule has 1 aromatic carbocycles. The van der Waals surface area contributed by atoms with Crippen molar-refractivity contribution in [1.82, 2.24) is 15.2 Å². The summed E-state index contributed by atoms with van der Waals surface area (Å²) in [5.41, 5.74) is 2.45. The van der Waals surface area contributed by atoms with Gasteiger partial charge < -0.3 is 0 Å². The second-order valence-corrected chi connectivity index (χ2v) is 6.60. The topological polar surface area (TPSA) is 63.1 Å². The van der Waals surface area contributed by atoms with Crippen LogP contribution in [0.25, 0.3) is 0 Å². The highest BCUT2D eigenvalue weighted by Gasteiger charge is 2.32. The van der Waals surface area contributed by atoms with Crippen molar-refractivity contribution in [2.45, 2.75) is 6.18 Å². The van der Waals surface area contributed by atoms with E-state index in [1.54, 1.807) is 24.3 Å². The maximum Gasteiger partial charge on any atom is 0.417 e. The Labute approximate surface area is 172 Å². The van der Waals surface area contributed by atoms with Crippen molar-refractivity contribution in [1.29, 1.82) is 0 Å². The zero-order valence-corrected chi connectivity index (χ0v) is 15.9. The largest absolute Gasteiger partial charge is 0.417 e. The van der Waals surface area contributed by atoms with Crippen molar-refractivity contribution in [3.63, 3.8) is 0 Å². The van der Waals surface area contributed by atoms with E-state index in [0.29, 0.717) is 16.8 Å². The maximum absolute atomic E-state index is 12.9. The summed E-state index contributed by atoms with van der Waals surface area (Å²) in [6.45, 7) is 0. The molecule has 1 N–H and O–H groups in total. The molecule has 0 fully saturated rings. The van der Waals surface area contributed by atoms with Crippen molar-refractivity contribution in [2.24, 2.45) is 5.10 Å². The lowest BCUT2D eigenvalue weighted by Gasteiger charge is -2.12. The van der Waals surface area contributed by atoms with Crippen LogP contribution in [0.1, 0.15) is 16.8 Å². The zero-order chi connectivity index (χ0) is 20.3. The Kier molecular flexibility index (Phi) is 6.02. The standard InChI is InChI=1S/C17H9Cl3F3N5/c18-11-3-1-9(2-4-11)15(28-27-14-6-5-13(20)25-26-14)16-12(19)7-10(8-24-16)17(21,22)23/h1-8H,(H,26,27)/b28-15-. The highest BCUT2D eigenvalue weighted by atomic mass is 35.5. The molecule has 0 atom stereocenters. The van der Waals surface area contributed by atoms with E-state index >= 15 is 0 Å². The fraction of sp³-hybridized carbons (Fsp3) is 0.0588. The van der Waals surface area contributed by atoms with Gasteiger partial charge in [-0.15, -0.1) is 10.2 Å².